The van der Waals surface area contributed by atoms with E-state index in [0.29, 0.717) is 19.8 Å². The van der Waals surface area contributed by atoms with Crippen LogP contribution in [0.1, 0.15) is 41.5 Å². The van der Waals surface area contributed by atoms with E-state index in [2.05, 4.69) is 6.58 Å². The van der Waals surface area contributed by atoms with Crippen LogP contribution >= 0.6 is 0 Å². The molecule has 6 nitrogen and oxygen atoms in total. The minimum atomic E-state index is -3.18. The number of hydrogen-bond donors (Lipinski definition) is 0. The highest BCUT2D eigenvalue weighted by Gasteiger charge is 2.44. The van der Waals surface area contributed by atoms with Crippen molar-refractivity contribution in [1.29, 1.82) is 0 Å². The number of ether oxygens (including phenoxy) is 3. The number of hydrogen-bond acceptors (Lipinski definition) is 6. The molecule has 0 saturated carbocycles. The van der Waals surface area contributed by atoms with Crippen molar-refractivity contribution in [2.75, 3.05) is 19.8 Å². The van der Waals surface area contributed by atoms with Gasteiger partial charge in [-0.25, -0.2) is 0 Å². The molecular weight excluding hydrogens is 292 g/mol. The van der Waals surface area contributed by atoms with E-state index in [0.717, 1.165) is 0 Å². The zero-order valence-corrected chi connectivity index (χ0v) is 15.1. The summed E-state index contributed by atoms with van der Waals surface area (Å²) >= 11 is 0. The summed E-state index contributed by atoms with van der Waals surface area (Å²) in [4.78, 5) is 0. The van der Waals surface area contributed by atoms with E-state index in [1.54, 1.807) is 26.5 Å². The second-order valence-corrected chi connectivity index (χ2v) is 6.55. The van der Waals surface area contributed by atoms with Gasteiger partial charge in [-0.15, -0.1) is 0 Å². The fourth-order valence-corrected chi connectivity index (χ4v) is 3.78. The molecule has 3 atom stereocenters. The van der Waals surface area contributed by atoms with E-state index in [1.807, 2.05) is 20.8 Å². The van der Waals surface area contributed by atoms with Crippen LogP contribution < -0.4 is 0 Å². The Labute approximate surface area is 129 Å². The molecule has 0 fully saturated rings. The van der Waals surface area contributed by atoms with Gasteiger partial charge in [0.05, 0.1) is 0 Å². The SMILES string of the molecule is C=C[Si](OC(C)OCC)(OC(C)OCC)OC(C)OCC. The van der Waals surface area contributed by atoms with Crippen LogP contribution in [0.2, 0.25) is 0 Å². The van der Waals surface area contributed by atoms with Gasteiger partial charge in [-0.2, -0.15) is 0 Å². The minimum absolute atomic E-state index is 0.470. The van der Waals surface area contributed by atoms with Gasteiger partial charge in [0.1, 0.15) is 18.9 Å². The molecule has 126 valence electrons. The monoisotopic (exact) mass is 322 g/mol. The molecule has 0 heterocycles. The Morgan fingerprint density at radius 1 is 0.762 bits per heavy atom. The van der Waals surface area contributed by atoms with Crippen LogP contribution in [0.3, 0.4) is 0 Å². The van der Waals surface area contributed by atoms with Gasteiger partial charge in [0.15, 0.2) is 0 Å². The first-order valence-electron chi connectivity index (χ1n) is 7.44. The highest BCUT2D eigenvalue weighted by molar-refractivity contribution is 6.66. The van der Waals surface area contributed by atoms with E-state index >= 15 is 0 Å². The van der Waals surface area contributed by atoms with Gasteiger partial charge in [-0.3, -0.25) is 0 Å². The highest BCUT2D eigenvalue weighted by atomic mass is 28.4. The molecule has 0 aliphatic rings. The van der Waals surface area contributed by atoms with Crippen LogP contribution in [0, 0.1) is 0 Å². The molecule has 0 saturated heterocycles. The highest BCUT2D eigenvalue weighted by Crippen LogP contribution is 2.20. The fraction of sp³-hybridized carbons (Fsp3) is 0.857. The van der Waals surface area contributed by atoms with Crippen molar-refractivity contribution in [3.63, 3.8) is 0 Å². The first-order valence-corrected chi connectivity index (χ1v) is 9.25. The zero-order chi connectivity index (χ0) is 16.3. The largest absolute Gasteiger partial charge is 0.534 e. The van der Waals surface area contributed by atoms with Crippen molar-refractivity contribution in [2.24, 2.45) is 0 Å². The molecule has 3 unspecified atom stereocenters. The first kappa shape index (κ1) is 20.7. The summed E-state index contributed by atoms with van der Waals surface area (Å²) < 4.78 is 33.8. The summed E-state index contributed by atoms with van der Waals surface area (Å²) in [6.45, 7) is 16.4. The lowest BCUT2D eigenvalue weighted by molar-refractivity contribution is -0.171. The minimum Gasteiger partial charge on any atom is -0.354 e. The fourth-order valence-electron chi connectivity index (χ4n) is 1.73. The lowest BCUT2D eigenvalue weighted by atomic mass is 10.7. The second kappa shape index (κ2) is 11.3. The number of rotatable bonds is 13. The molecule has 0 spiro atoms. The average molecular weight is 322 g/mol. The van der Waals surface area contributed by atoms with Crippen LogP contribution in [0.5, 0.6) is 0 Å². The molecule has 7 heteroatoms. The zero-order valence-electron chi connectivity index (χ0n) is 14.1. The molecule has 0 N–H and O–H groups in total. The van der Waals surface area contributed by atoms with Crippen molar-refractivity contribution >= 4 is 8.80 Å². The summed E-state index contributed by atoms with van der Waals surface area (Å²) in [7, 11) is -3.18. The van der Waals surface area contributed by atoms with Crippen LogP contribution in [0.25, 0.3) is 0 Å². The third kappa shape index (κ3) is 8.67. The lowest BCUT2D eigenvalue weighted by Gasteiger charge is -2.33. The Hall–Kier alpha value is -0.283. The predicted octanol–water partition coefficient (Wildman–Crippen LogP) is 2.85. The van der Waals surface area contributed by atoms with Crippen molar-refractivity contribution in [3.8, 4) is 0 Å². The molecule has 0 radical (unpaired) electrons. The molecule has 0 aliphatic carbocycles. The van der Waals surface area contributed by atoms with E-state index in [1.165, 1.54) is 0 Å². The van der Waals surface area contributed by atoms with Gasteiger partial charge in [-0.1, -0.05) is 6.58 Å². The molecule has 0 aromatic carbocycles. The summed E-state index contributed by atoms with van der Waals surface area (Å²) in [6, 6.07) is 0. The molecular formula is C14H30O6Si. The second-order valence-electron chi connectivity index (χ2n) is 4.23. The summed E-state index contributed by atoms with van der Waals surface area (Å²) in [5.41, 5.74) is 1.56. The van der Waals surface area contributed by atoms with E-state index in [9.17, 15) is 0 Å². The summed E-state index contributed by atoms with van der Waals surface area (Å²) in [5, 5.41) is 0. The topological polar surface area (TPSA) is 55.4 Å². The Balaban J connectivity index is 4.93. The first-order chi connectivity index (χ1) is 9.92. The smallest absolute Gasteiger partial charge is 0.354 e. The predicted molar refractivity (Wildman–Crippen MR) is 82.5 cm³/mol. The van der Waals surface area contributed by atoms with Crippen LogP contribution in [0.4, 0.5) is 0 Å². The maximum atomic E-state index is 5.86. The Morgan fingerprint density at radius 2 is 1.05 bits per heavy atom. The van der Waals surface area contributed by atoms with Crippen LogP contribution in [-0.4, -0.2) is 47.5 Å². The molecule has 0 aromatic rings. The van der Waals surface area contributed by atoms with E-state index in [-0.39, 0.29) is 0 Å². The van der Waals surface area contributed by atoms with Gasteiger partial charge in [-0.05, 0) is 47.2 Å². The standard InChI is InChI=1S/C14H30O6Si/c1-8-15-12(5)18-21(11-4,19-13(6)16-9-2)20-14(7)17-10-3/h11-14H,4,8-10H2,1-3,5-7H3. The van der Waals surface area contributed by atoms with Gasteiger partial charge in [0.2, 0.25) is 0 Å². The van der Waals surface area contributed by atoms with Crippen molar-refractivity contribution in [1.82, 2.24) is 0 Å². The molecule has 21 heavy (non-hydrogen) atoms. The molecule has 0 aliphatic heterocycles. The van der Waals surface area contributed by atoms with Gasteiger partial charge in [0, 0.05) is 19.8 Å². The van der Waals surface area contributed by atoms with Crippen LogP contribution in [-0.2, 0) is 27.5 Å². The van der Waals surface area contributed by atoms with Crippen molar-refractivity contribution in [3.05, 3.63) is 12.3 Å². The average Bonchev–Trinajstić information content (AvgIpc) is 2.39. The summed E-state index contributed by atoms with van der Waals surface area (Å²) in [5.74, 6) is 0. The Morgan fingerprint density at radius 3 is 1.24 bits per heavy atom. The van der Waals surface area contributed by atoms with Crippen LogP contribution in [0.15, 0.2) is 12.3 Å². The molecule has 0 bridgehead atoms. The third-order valence-corrected chi connectivity index (χ3v) is 4.93. The van der Waals surface area contributed by atoms with Crippen molar-refractivity contribution < 1.29 is 27.5 Å². The van der Waals surface area contributed by atoms with Gasteiger partial charge in [0.25, 0.3) is 0 Å². The quantitative estimate of drug-likeness (QED) is 0.384. The maximum Gasteiger partial charge on any atom is 0.534 e. The van der Waals surface area contributed by atoms with Crippen molar-refractivity contribution in [2.45, 2.75) is 60.4 Å². The van der Waals surface area contributed by atoms with E-state index in [4.69, 9.17) is 27.5 Å². The lowest BCUT2D eigenvalue weighted by Crippen LogP contribution is -2.51. The molecule has 0 rings (SSSR count). The molecule has 0 aromatic heterocycles. The Bertz CT molecular complexity index is 240. The van der Waals surface area contributed by atoms with E-state index < -0.39 is 27.7 Å². The maximum absolute atomic E-state index is 5.86. The molecule has 0 amide bonds. The third-order valence-electron chi connectivity index (χ3n) is 2.44. The van der Waals surface area contributed by atoms with Gasteiger partial charge >= 0.3 is 8.80 Å². The Kier molecular flexibility index (Phi) is 11.2. The normalized spacial score (nSPS) is 18.8. The summed E-state index contributed by atoms with van der Waals surface area (Å²) in [6.07, 6.45) is -1.41. The van der Waals surface area contributed by atoms with Gasteiger partial charge < -0.3 is 27.5 Å².